The van der Waals surface area contributed by atoms with Gasteiger partial charge in [0.05, 0.1) is 153 Å². The Morgan fingerprint density at radius 3 is 1.59 bits per heavy atom. The van der Waals surface area contributed by atoms with Crippen LogP contribution in [-0.2, 0) is 81.8 Å². The number of hydrogen-bond acceptors (Lipinski definition) is 26. The summed E-state index contributed by atoms with van der Waals surface area (Å²) in [7, 11) is 6.07. The molecule has 3 unspecified atom stereocenters. The van der Waals surface area contributed by atoms with Crippen LogP contribution in [0.5, 0.6) is 0 Å². The molecule has 3 atom stereocenters. The van der Waals surface area contributed by atoms with Gasteiger partial charge in [-0.2, -0.15) is 79.0 Å². The van der Waals surface area contributed by atoms with E-state index in [0.717, 1.165) is 76.8 Å². The molecule has 1 fully saturated rings. The summed E-state index contributed by atoms with van der Waals surface area (Å²) in [5.74, 6) is -5.92. The fraction of sp³-hybridized carbons (Fsp3) is 0.385. The molecule has 11 rings (SSSR count). The highest BCUT2D eigenvalue weighted by atomic mass is 19.4. The SMILES string of the molecule is CNC(=O)c1ccc(N2CCN(Cc3ccc4nc(CC(F)(F)F)c(=O)[nH]c4c3)CC2)cn1.COC(=O)C(N)CC(F)(F)F.COC(=O)c1ccc(NC(CC(F)(F)F)C(C)=O)c([N+](=O)[O-])c1.COC(=O)c1ccc2c(c1)CC(=O)C(CC(F)(F)F)=N2.COC(=O)c1ccc2c(c1)CC(=O)C(CC(F)(F)F)N2.O=C1Cc2cc(CO)ccc2N=C1CC(F)(F)F. The van der Waals surface area contributed by atoms with E-state index in [1.807, 2.05) is 12.1 Å². The van der Waals surface area contributed by atoms with Crippen molar-refractivity contribution in [3.8, 4) is 0 Å². The van der Waals surface area contributed by atoms with Gasteiger partial charge in [0, 0.05) is 70.8 Å². The molecule has 0 bridgehead atoms. The zero-order valence-electron chi connectivity index (χ0n) is 66.2. The topological polar surface area (TPSA) is 406 Å². The predicted octanol–water partition coefficient (Wildman–Crippen LogP) is 12.5. The highest BCUT2D eigenvalue weighted by molar-refractivity contribution is 6.42. The molecular formula is C78H76F18N12O17. The first-order valence-corrected chi connectivity index (χ1v) is 36.3. The number of halogens is 18. The first-order valence-electron chi connectivity index (χ1n) is 36.3. The third-order valence-electron chi connectivity index (χ3n) is 17.8. The fourth-order valence-electron chi connectivity index (χ4n) is 11.9. The molecule has 676 valence electrons. The Bertz CT molecular complexity index is 5220. The number of nitrogens with zero attached hydrogens (tertiary/aromatic N) is 7. The minimum Gasteiger partial charge on any atom is -0.468 e. The number of nitrogens with one attached hydrogen (secondary N) is 4. The third kappa shape index (κ3) is 32.4. The van der Waals surface area contributed by atoms with E-state index in [2.05, 4.69) is 69.6 Å². The smallest absolute Gasteiger partial charge is 0.394 e. The minimum atomic E-state index is -4.62. The number of Topliss-reactive ketones (excluding diaryl/α,β-unsaturated/α-hetero) is 4. The van der Waals surface area contributed by atoms with E-state index >= 15 is 0 Å². The Morgan fingerprint density at radius 2 is 1.11 bits per heavy atom. The number of aromatic amines is 1. The molecule has 0 spiro atoms. The molecule has 47 heteroatoms. The van der Waals surface area contributed by atoms with E-state index in [0.29, 0.717) is 56.9 Å². The molecule has 29 nitrogen and oxygen atoms in total. The van der Waals surface area contributed by atoms with Crippen molar-refractivity contribution in [2.45, 2.75) is 133 Å². The number of piperazine rings is 1. The fourth-order valence-corrected chi connectivity index (χ4v) is 11.9. The third-order valence-corrected chi connectivity index (χ3v) is 17.8. The summed E-state index contributed by atoms with van der Waals surface area (Å²) in [5, 5.41) is 27.3. The molecule has 0 saturated carbocycles. The van der Waals surface area contributed by atoms with Crippen LogP contribution in [0.4, 0.5) is 113 Å². The highest BCUT2D eigenvalue weighted by Gasteiger charge is 2.41. The average Bonchev–Trinajstić information content (AvgIpc) is 0.803. The summed E-state index contributed by atoms with van der Waals surface area (Å²) < 4.78 is 238. The van der Waals surface area contributed by atoms with E-state index < -0.39 is 174 Å². The first-order chi connectivity index (χ1) is 58.1. The van der Waals surface area contributed by atoms with Crippen molar-refractivity contribution in [3.05, 3.63) is 186 Å². The van der Waals surface area contributed by atoms with E-state index in [9.17, 15) is 137 Å². The molecule has 0 radical (unpaired) electrons. The number of pyridine rings is 1. The Balaban J connectivity index is 0.000000238. The number of anilines is 3. The lowest BCUT2D eigenvalue weighted by molar-refractivity contribution is -0.384. The van der Waals surface area contributed by atoms with Gasteiger partial charge in [0.2, 0.25) is 0 Å². The molecule has 4 aliphatic rings. The number of hydrogen-bond donors (Lipinski definition) is 6. The van der Waals surface area contributed by atoms with Crippen LogP contribution in [0.1, 0.15) is 114 Å². The molecule has 2 aromatic heterocycles. The van der Waals surface area contributed by atoms with Gasteiger partial charge >= 0.3 is 60.9 Å². The molecule has 4 aliphatic heterocycles. The van der Waals surface area contributed by atoms with Gasteiger partial charge in [0.15, 0.2) is 23.1 Å². The molecule has 125 heavy (non-hydrogen) atoms. The summed E-state index contributed by atoms with van der Waals surface area (Å²) in [5.41, 5.74) is 8.09. The summed E-state index contributed by atoms with van der Waals surface area (Å²) in [6.45, 7) is 4.58. The van der Waals surface area contributed by atoms with Gasteiger partial charge in [-0.3, -0.25) is 48.6 Å². The minimum absolute atomic E-state index is 0.0991. The Kier molecular flexibility index (Phi) is 35.1. The van der Waals surface area contributed by atoms with E-state index in [1.54, 1.807) is 43.6 Å². The van der Waals surface area contributed by atoms with Gasteiger partial charge in [-0.25, -0.2) is 34.3 Å². The van der Waals surface area contributed by atoms with Gasteiger partial charge in [0.25, 0.3) is 17.2 Å². The average molecular weight is 1800 g/mol. The number of fused-ring (bicyclic) bond motifs is 4. The number of aliphatic imine (C=N–C) groups is 2. The van der Waals surface area contributed by atoms with Crippen LogP contribution in [0.25, 0.3) is 11.0 Å². The summed E-state index contributed by atoms with van der Waals surface area (Å²) in [6, 6.07) is 20.6. The number of alkyl halides is 18. The molecule has 7 aromatic rings. The number of benzene rings is 5. The summed E-state index contributed by atoms with van der Waals surface area (Å²) in [6.07, 6.45) is -33.6. The van der Waals surface area contributed by atoms with Crippen molar-refractivity contribution >= 4 is 109 Å². The van der Waals surface area contributed by atoms with Crippen LogP contribution >= 0.6 is 0 Å². The number of ether oxygens (including phenoxy) is 4. The maximum atomic E-state index is 12.6. The summed E-state index contributed by atoms with van der Waals surface area (Å²) >= 11 is 0. The van der Waals surface area contributed by atoms with Crippen LogP contribution in [-0.4, -0.2) is 211 Å². The maximum Gasteiger partial charge on any atom is 0.394 e. The van der Waals surface area contributed by atoms with Crippen molar-refractivity contribution < 1.29 is 151 Å². The first kappa shape index (κ1) is 101. The molecule has 0 aliphatic carbocycles. The van der Waals surface area contributed by atoms with Gasteiger partial charge < -0.3 is 55.6 Å². The number of nitrogens with two attached hydrogens (primary N) is 1. The number of methoxy groups -OCH3 is 4. The normalized spacial score (nSPS) is 15.0. The van der Waals surface area contributed by atoms with E-state index in [4.69, 9.17) is 10.8 Å². The van der Waals surface area contributed by atoms with Crippen molar-refractivity contribution in [1.82, 2.24) is 25.2 Å². The number of amides is 1. The standard InChI is InChI=1S/C22H23F3N6O2.C13H13F3N2O5.C13H12F3NO3.C13H10F3NO3.C12H10F3NO2.C5H8F3NO2/c1-26-20(32)17-5-3-15(12-27-17)31-8-6-30(7-9-31)13-14-2-4-16-18(10-14)29-21(33)19(28-16)11-22(23,24)25;1-7(19)10(6-13(14,15)16)17-9-4-3-8(12(20)23-2)5-11(9)18(21)22;2*1-20-12(19)7-2-3-9-8(4-7)5-11(18)10(17-9)6-13(14,15)16;13-12(14,15)5-10-11(18)4-8-3-7(6-17)1-2-9(8)16-10;1-11-4(10)3(9)2-5(6,7)8/h2-5,10,12H,6-9,11,13H2,1H3,(H,26,32)(H,29,33);3-5,10,17H,6H2,1-2H3;2-4,10,17H,5-6H2,1H3;2-4H,5-6H2,1H3;1-3,17H,4-6H2;3H,2,9H2,1H3. The Morgan fingerprint density at radius 1 is 0.600 bits per heavy atom. The quantitative estimate of drug-likeness (QED) is 0.0144. The second kappa shape index (κ2) is 43.5. The zero-order chi connectivity index (χ0) is 93.6. The predicted molar refractivity (Wildman–Crippen MR) is 409 cm³/mol. The molecule has 7 N–H and O–H groups in total. The van der Waals surface area contributed by atoms with Crippen molar-refractivity contribution in [1.29, 1.82) is 0 Å². The number of carbonyl (C=O) groups excluding carboxylic acids is 9. The summed E-state index contributed by atoms with van der Waals surface area (Å²) in [4.78, 5) is 147. The largest absolute Gasteiger partial charge is 0.468 e. The lowest BCUT2D eigenvalue weighted by Gasteiger charge is -2.36. The van der Waals surface area contributed by atoms with Gasteiger partial charge in [-0.15, -0.1) is 0 Å². The zero-order valence-corrected chi connectivity index (χ0v) is 66.2. The van der Waals surface area contributed by atoms with Gasteiger partial charge in [0.1, 0.15) is 23.1 Å². The Hall–Kier alpha value is -12.8. The number of nitro benzene ring substituents is 1. The van der Waals surface area contributed by atoms with E-state index in [1.165, 1.54) is 56.7 Å². The number of aliphatic hydroxyl groups excluding tert-OH is 1. The number of aliphatic hydroxyl groups is 1. The monoisotopic (exact) mass is 1790 g/mol. The van der Waals surface area contributed by atoms with Crippen LogP contribution in [0, 0.1) is 10.1 Å². The number of rotatable bonds is 19. The van der Waals surface area contributed by atoms with Crippen LogP contribution in [0.15, 0.2) is 124 Å². The molecule has 6 heterocycles. The number of aromatic nitrogens is 3. The molecule has 1 amide bonds. The van der Waals surface area contributed by atoms with Gasteiger partial charge in [-0.05, 0) is 114 Å². The van der Waals surface area contributed by atoms with Gasteiger partial charge in [-0.1, -0.05) is 18.2 Å². The number of nitro groups is 1. The number of esters is 4. The second-order valence-electron chi connectivity index (χ2n) is 27.3. The van der Waals surface area contributed by atoms with Crippen LogP contribution < -0.4 is 32.1 Å². The van der Waals surface area contributed by atoms with Crippen molar-refractivity contribution in [3.63, 3.8) is 0 Å². The molecule has 1 saturated heterocycles. The molecular weight excluding hydrogens is 1720 g/mol. The number of ketones is 4. The van der Waals surface area contributed by atoms with E-state index in [-0.39, 0.29) is 59.8 Å². The molecule has 5 aromatic carbocycles. The Labute approximate surface area is 695 Å². The lowest BCUT2D eigenvalue weighted by atomic mass is 9.93. The second-order valence-corrected chi connectivity index (χ2v) is 27.3. The van der Waals surface area contributed by atoms with Crippen LogP contribution in [0.3, 0.4) is 0 Å². The van der Waals surface area contributed by atoms with Crippen molar-refractivity contribution in [2.24, 2.45) is 15.7 Å². The van der Waals surface area contributed by atoms with Crippen molar-refractivity contribution in [2.75, 3.05) is 77.2 Å². The van der Waals surface area contributed by atoms with Crippen LogP contribution in [0.2, 0.25) is 0 Å². The number of H-pyrrole nitrogens is 1. The highest BCUT2D eigenvalue weighted by Crippen LogP contribution is 2.36. The maximum absolute atomic E-state index is 12.6. The number of carbonyl (C=O) groups is 9. The lowest BCUT2D eigenvalue weighted by Crippen LogP contribution is -2.46.